The van der Waals surface area contributed by atoms with Crippen molar-refractivity contribution >= 4 is 33.8 Å². The zero-order chi connectivity index (χ0) is 19.2. The van der Waals surface area contributed by atoms with Gasteiger partial charge < -0.3 is 10.5 Å². The Labute approximate surface area is 151 Å². The van der Waals surface area contributed by atoms with Gasteiger partial charge in [-0.2, -0.15) is 13.2 Å². The average molecular weight is 371 g/mol. The number of Topliss-reactive ketones (excluding diaryl/α,β-unsaturated/α-hetero) is 1. The molecule has 0 bridgehead atoms. The van der Waals surface area contributed by atoms with Crippen molar-refractivity contribution in [3.05, 3.63) is 54.2 Å². The number of rotatable bonds is 2. The van der Waals surface area contributed by atoms with Crippen LogP contribution in [0.5, 0.6) is 11.5 Å². The molecule has 1 aliphatic heterocycles. The van der Waals surface area contributed by atoms with Crippen LogP contribution in [0.25, 0.3) is 10.8 Å². The van der Waals surface area contributed by atoms with Crippen molar-refractivity contribution in [1.82, 2.24) is 4.98 Å². The lowest BCUT2D eigenvalue weighted by Crippen LogP contribution is -2.34. The largest absolute Gasteiger partial charge is 0.456 e. The summed E-state index contributed by atoms with van der Waals surface area (Å²) in [6, 6.07) is 12.1. The van der Waals surface area contributed by atoms with Gasteiger partial charge in [-0.1, -0.05) is 24.3 Å². The summed E-state index contributed by atoms with van der Waals surface area (Å²) in [5.41, 5.74) is 5.31. The molecular weight excluding hydrogens is 359 g/mol. The lowest BCUT2D eigenvalue weighted by molar-refractivity contribution is -0.117. The van der Waals surface area contributed by atoms with Gasteiger partial charge in [0, 0.05) is 34.6 Å². The van der Waals surface area contributed by atoms with Crippen molar-refractivity contribution in [1.29, 1.82) is 0 Å². The number of pyridine rings is 1. The molecule has 8 heteroatoms. The minimum Gasteiger partial charge on any atom is -0.456 e. The van der Waals surface area contributed by atoms with Crippen LogP contribution < -0.4 is 10.5 Å². The lowest BCUT2D eigenvalue weighted by atomic mass is 10.0. The molecule has 0 aliphatic carbocycles. The highest BCUT2D eigenvalue weighted by Gasteiger charge is 2.43. The summed E-state index contributed by atoms with van der Waals surface area (Å²) in [4.78, 5) is 19.2. The highest BCUT2D eigenvalue weighted by atomic mass is 19.4. The quantitative estimate of drug-likeness (QED) is 0.679. The molecule has 2 heterocycles. The van der Waals surface area contributed by atoms with Crippen LogP contribution in [0, 0.1) is 0 Å². The van der Waals surface area contributed by atoms with Crippen LogP contribution in [0.3, 0.4) is 0 Å². The molecule has 0 saturated carbocycles. The zero-order valence-electron chi connectivity index (χ0n) is 13.7. The number of anilines is 1. The fourth-order valence-electron chi connectivity index (χ4n) is 2.96. The third kappa shape index (κ3) is 2.99. The summed E-state index contributed by atoms with van der Waals surface area (Å²) in [6.07, 6.45) is -4.01. The molecule has 1 aliphatic rings. The van der Waals surface area contributed by atoms with Gasteiger partial charge in [0.2, 0.25) is 0 Å². The number of aliphatic imine (C=N–C) groups is 1. The Bertz CT molecular complexity index is 1110. The smallest absolute Gasteiger partial charge is 0.436 e. The predicted octanol–water partition coefficient (Wildman–Crippen LogP) is 4.37. The molecule has 0 saturated heterocycles. The standard InChI is InChI=1S/C19H12F3N3O2/c20-19(21,22)17-14(26)9-12-16(7-8-24-18(12)25-17)27-15-6-5-13(23)10-3-1-2-4-11(10)15/h1-8H,9,23H2. The van der Waals surface area contributed by atoms with Crippen LogP contribution in [-0.4, -0.2) is 22.7 Å². The van der Waals surface area contributed by atoms with E-state index in [1.54, 1.807) is 12.1 Å². The van der Waals surface area contributed by atoms with E-state index >= 15 is 0 Å². The third-order valence-corrected chi connectivity index (χ3v) is 4.22. The van der Waals surface area contributed by atoms with E-state index in [0.29, 0.717) is 11.4 Å². The summed E-state index contributed by atoms with van der Waals surface area (Å²) in [7, 11) is 0. The summed E-state index contributed by atoms with van der Waals surface area (Å²) in [6.45, 7) is 0. The van der Waals surface area contributed by atoms with Crippen molar-refractivity contribution in [3.8, 4) is 11.5 Å². The Kier molecular flexibility index (Phi) is 3.83. The molecule has 0 spiro atoms. The topological polar surface area (TPSA) is 77.6 Å². The van der Waals surface area contributed by atoms with Crippen LogP contribution in [-0.2, 0) is 11.2 Å². The fourth-order valence-corrected chi connectivity index (χ4v) is 2.96. The molecule has 27 heavy (non-hydrogen) atoms. The Morgan fingerprint density at radius 1 is 1.00 bits per heavy atom. The van der Waals surface area contributed by atoms with Crippen LogP contribution in [0.15, 0.2) is 53.7 Å². The first-order valence-corrected chi connectivity index (χ1v) is 7.96. The molecule has 1 aromatic heterocycles. The van der Waals surface area contributed by atoms with Crippen molar-refractivity contribution in [2.75, 3.05) is 5.73 Å². The molecule has 0 amide bonds. The highest BCUT2D eigenvalue weighted by Crippen LogP contribution is 2.38. The summed E-state index contributed by atoms with van der Waals surface area (Å²) < 4.78 is 44.7. The number of hydrogen-bond donors (Lipinski definition) is 1. The zero-order valence-corrected chi connectivity index (χ0v) is 13.7. The maximum Gasteiger partial charge on any atom is 0.436 e. The number of carbonyl (C=O) groups excluding carboxylic acids is 1. The maximum atomic E-state index is 12.9. The summed E-state index contributed by atoms with van der Waals surface area (Å²) in [5, 5.41) is 1.52. The van der Waals surface area contributed by atoms with Gasteiger partial charge in [-0.25, -0.2) is 9.98 Å². The van der Waals surface area contributed by atoms with Gasteiger partial charge in [0.05, 0.1) is 0 Å². The fraction of sp³-hybridized carbons (Fsp3) is 0.105. The normalized spacial score (nSPS) is 14.0. The molecular formula is C19H12F3N3O2. The Balaban J connectivity index is 1.80. The first-order chi connectivity index (χ1) is 12.8. The molecule has 0 unspecified atom stereocenters. The van der Waals surface area contributed by atoms with Crippen LogP contribution in [0.2, 0.25) is 0 Å². The van der Waals surface area contributed by atoms with E-state index in [1.165, 1.54) is 12.3 Å². The van der Waals surface area contributed by atoms with E-state index in [4.69, 9.17) is 10.5 Å². The molecule has 0 radical (unpaired) electrons. The van der Waals surface area contributed by atoms with Crippen LogP contribution in [0.1, 0.15) is 5.56 Å². The summed E-state index contributed by atoms with van der Waals surface area (Å²) >= 11 is 0. The van der Waals surface area contributed by atoms with Gasteiger partial charge in [-0.3, -0.25) is 4.79 Å². The lowest BCUT2D eigenvalue weighted by Gasteiger charge is -2.19. The van der Waals surface area contributed by atoms with E-state index in [0.717, 1.165) is 10.8 Å². The number of hydrogen-bond acceptors (Lipinski definition) is 5. The third-order valence-electron chi connectivity index (χ3n) is 4.22. The first kappa shape index (κ1) is 17.0. The van der Waals surface area contributed by atoms with Crippen molar-refractivity contribution in [2.24, 2.45) is 4.99 Å². The van der Waals surface area contributed by atoms with Gasteiger partial charge in [-0.15, -0.1) is 0 Å². The Hall–Kier alpha value is -3.42. The average Bonchev–Trinajstić information content (AvgIpc) is 2.63. The minimum absolute atomic E-state index is 0.167. The molecule has 0 fully saturated rings. The van der Waals surface area contributed by atoms with Crippen LogP contribution in [0.4, 0.5) is 24.7 Å². The highest BCUT2D eigenvalue weighted by molar-refractivity contribution is 6.43. The number of benzene rings is 2. The molecule has 4 rings (SSSR count). The summed E-state index contributed by atoms with van der Waals surface area (Å²) in [5.74, 6) is -0.589. The number of nitrogens with two attached hydrogens (primary N) is 1. The van der Waals surface area contributed by atoms with Crippen molar-refractivity contribution in [3.63, 3.8) is 0 Å². The Morgan fingerprint density at radius 3 is 2.48 bits per heavy atom. The molecule has 136 valence electrons. The van der Waals surface area contributed by atoms with Crippen molar-refractivity contribution < 1.29 is 22.7 Å². The van der Waals surface area contributed by atoms with Gasteiger partial charge in [0.15, 0.2) is 17.3 Å². The molecule has 2 N–H and O–H groups in total. The second kappa shape index (κ2) is 6.08. The van der Waals surface area contributed by atoms with Gasteiger partial charge in [-0.05, 0) is 18.2 Å². The minimum atomic E-state index is -4.82. The second-order valence-corrected chi connectivity index (χ2v) is 5.97. The number of ether oxygens (including phenoxy) is 1. The van der Waals surface area contributed by atoms with E-state index in [2.05, 4.69) is 9.98 Å². The molecule has 0 atom stereocenters. The molecule has 3 aromatic rings. The van der Waals surface area contributed by atoms with E-state index in [1.807, 2.05) is 24.3 Å². The second-order valence-electron chi connectivity index (χ2n) is 5.97. The monoisotopic (exact) mass is 371 g/mol. The van der Waals surface area contributed by atoms with Crippen LogP contribution >= 0.6 is 0 Å². The number of carbonyl (C=O) groups is 1. The van der Waals surface area contributed by atoms with E-state index in [-0.39, 0.29) is 17.1 Å². The number of aromatic nitrogens is 1. The number of halogens is 3. The first-order valence-electron chi connectivity index (χ1n) is 7.96. The SMILES string of the molecule is Nc1ccc(Oc2ccnc3c2CC(=O)C(C(F)(F)F)=N3)c2ccccc12. The van der Waals surface area contributed by atoms with Gasteiger partial charge in [0.1, 0.15) is 11.5 Å². The predicted molar refractivity (Wildman–Crippen MR) is 94.5 cm³/mol. The molecule has 5 nitrogen and oxygen atoms in total. The van der Waals surface area contributed by atoms with Gasteiger partial charge >= 0.3 is 6.18 Å². The Morgan fingerprint density at radius 2 is 1.74 bits per heavy atom. The number of ketones is 1. The number of fused-ring (bicyclic) bond motifs is 2. The molecule has 2 aromatic carbocycles. The van der Waals surface area contributed by atoms with Gasteiger partial charge in [0.25, 0.3) is 0 Å². The van der Waals surface area contributed by atoms with Crippen molar-refractivity contribution in [2.45, 2.75) is 12.6 Å². The van der Waals surface area contributed by atoms with E-state index < -0.39 is 24.1 Å². The number of nitrogens with zero attached hydrogens (tertiary/aromatic N) is 2. The van der Waals surface area contributed by atoms with E-state index in [9.17, 15) is 18.0 Å². The number of alkyl halides is 3. The number of nitrogen functional groups attached to an aromatic ring is 1. The maximum absolute atomic E-state index is 12.9.